The largest absolute Gasteiger partial charge is 0.497 e. The van der Waals surface area contributed by atoms with Crippen molar-refractivity contribution in [1.82, 2.24) is 4.98 Å². The molecule has 3 aromatic rings. The van der Waals surface area contributed by atoms with Crippen LogP contribution in [0.25, 0.3) is 10.9 Å². The smallest absolute Gasteiger partial charge is 0.119 e. The summed E-state index contributed by atoms with van der Waals surface area (Å²) in [7, 11) is 1.69. The zero-order valence-corrected chi connectivity index (χ0v) is 13.7. The van der Waals surface area contributed by atoms with Crippen molar-refractivity contribution >= 4 is 22.7 Å². The molecule has 0 bridgehead atoms. The van der Waals surface area contributed by atoms with E-state index in [9.17, 15) is 0 Å². The molecule has 0 atom stereocenters. The highest BCUT2D eigenvalue weighted by molar-refractivity contribution is 7.99. The minimum Gasteiger partial charge on any atom is -0.497 e. The first-order chi connectivity index (χ1) is 10.7. The SMILES string of the molecule is COc1cccc(Sc2ccc3[nH]c(C)c(CCN)c3c2)c1. The quantitative estimate of drug-likeness (QED) is 0.744. The third-order valence-corrected chi connectivity index (χ3v) is 4.74. The van der Waals surface area contributed by atoms with Crippen LogP contribution in [0.1, 0.15) is 11.3 Å². The molecule has 2 aromatic carbocycles. The lowest BCUT2D eigenvalue weighted by Gasteiger charge is -2.05. The number of aryl methyl sites for hydroxylation is 1. The number of fused-ring (bicyclic) bond motifs is 1. The molecule has 1 heterocycles. The lowest BCUT2D eigenvalue weighted by Crippen LogP contribution is -2.03. The van der Waals surface area contributed by atoms with E-state index in [1.807, 2.05) is 12.1 Å². The Morgan fingerprint density at radius 3 is 2.73 bits per heavy atom. The molecular formula is C18H20N2OS. The summed E-state index contributed by atoms with van der Waals surface area (Å²) in [6.45, 7) is 2.78. The normalized spacial score (nSPS) is 11.0. The molecule has 22 heavy (non-hydrogen) atoms. The fourth-order valence-electron chi connectivity index (χ4n) is 2.69. The number of ether oxygens (including phenoxy) is 1. The summed E-state index contributed by atoms with van der Waals surface area (Å²) >= 11 is 1.74. The number of aromatic amines is 1. The second kappa shape index (κ2) is 6.46. The van der Waals surface area contributed by atoms with Gasteiger partial charge >= 0.3 is 0 Å². The molecule has 1 aromatic heterocycles. The van der Waals surface area contributed by atoms with Crippen LogP contribution >= 0.6 is 11.8 Å². The molecule has 0 aliphatic heterocycles. The lowest BCUT2D eigenvalue weighted by molar-refractivity contribution is 0.413. The van der Waals surface area contributed by atoms with E-state index in [0.717, 1.165) is 12.2 Å². The van der Waals surface area contributed by atoms with Gasteiger partial charge in [-0.2, -0.15) is 0 Å². The molecule has 4 heteroatoms. The molecule has 114 valence electrons. The first kappa shape index (κ1) is 15.0. The van der Waals surface area contributed by atoms with Gasteiger partial charge < -0.3 is 15.5 Å². The van der Waals surface area contributed by atoms with Crippen molar-refractivity contribution in [2.75, 3.05) is 13.7 Å². The number of benzene rings is 2. The second-order valence-corrected chi connectivity index (χ2v) is 6.40. The molecule has 0 saturated heterocycles. The van der Waals surface area contributed by atoms with Crippen LogP contribution < -0.4 is 10.5 Å². The van der Waals surface area contributed by atoms with Crippen LogP contribution in [0.15, 0.2) is 52.3 Å². The van der Waals surface area contributed by atoms with E-state index in [-0.39, 0.29) is 0 Å². The molecule has 0 saturated carbocycles. The number of nitrogens with one attached hydrogen (secondary N) is 1. The van der Waals surface area contributed by atoms with Crippen molar-refractivity contribution < 1.29 is 4.74 Å². The Bertz CT molecular complexity index is 795. The summed E-state index contributed by atoms with van der Waals surface area (Å²) < 4.78 is 5.28. The third-order valence-electron chi connectivity index (χ3n) is 3.76. The molecule has 3 nitrogen and oxygen atoms in total. The maximum atomic E-state index is 5.74. The predicted octanol–water partition coefficient (Wildman–Crippen LogP) is 4.14. The first-order valence-corrected chi connectivity index (χ1v) is 8.16. The molecule has 0 radical (unpaired) electrons. The van der Waals surface area contributed by atoms with Crippen LogP contribution in [-0.4, -0.2) is 18.6 Å². The number of nitrogens with two attached hydrogens (primary N) is 1. The predicted molar refractivity (Wildman–Crippen MR) is 92.9 cm³/mol. The number of aromatic nitrogens is 1. The summed E-state index contributed by atoms with van der Waals surface area (Å²) in [6, 6.07) is 14.7. The average Bonchev–Trinajstić information content (AvgIpc) is 2.84. The van der Waals surface area contributed by atoms with Crippen LogP contribution in [-0.2, 0) is 6.42 Å². The lowest BCUT2D eigenvalue weighted by atomic mass is 10.1. The third kappa shape index (κ3) is 2.98. The van der Waals surface area contributed by atoms with Crippen LogP contribution in [0.4, 0.5) is 0 Å². The minimum atomic E-state index is 0.668. The summed E-state index contributed by atoms with van der Waals surface area (Å²) in [5, 5.41) is 1.27. The zero-order valence-electron chi connectivity index (χ0n) is 12.8. The Morgan fingerprint density at radius 1 is 1.14 bits per heavy atom. The molecule has 0 spiro atoms. The maximum Gasteiger partial charge on any atom is 0.119 e. The Kier molecular flexibility index (Phi) is 4.41. The van der Waals surface area contributed by atoms with Crippen molar-refractivity contribution in [2.24, 2.45) is 5.73 Å². The zero-order chi connectivity index (χ0) is 15.5. The van der Waals surface area contributed by atoms with Crippen molar-refractivity contribution in [3.8, 4) is 5.75 Å². The summed E-state index contributed by atoms with van der Waals surface area (Å²) in [4.78, 5) is 5.83. The van der Waals surface area contributed by atoms with Gasteiger partial charge in [-0.3, -0.25) is 0 Å². The van der Waals surface area contributed by atoms with E-state index < -0.39 is 0 Å². The fraction of sp³-hybridized carbons (Fsp3) is 0.222. The van der Waals surface area contributed by atoms with Gasteiger partial charge in [-0.25, -0.2) is 0 Å². The molecule has 0 amide bonds. The van der Waals surface area contributed by atoms with E-state index in [1.165, 1.54) is 32.0 Å². The van der Waals surface area contributed by atoms with Crippen LogP contribution in [0.3, 0.4) is 0 Å². The van der Waals surface area contributed by atoms with E-state index in [4.69, 9.17) is 10.5 Å². The fourth-order valence-corrected chi connectivity index (χ4v) is 3.60. The number of rotatable bonds is 5. The van der Waals surface area contributed by atoms with Gasteiger partial charge in [0.2, 0.25) is 0 Å². The number of H-pyrrole nitrogens is 1. The van der Waals surface area contributed by atoms with Gasteiger partial charge in [-0.1, -0.05) is 17.8 Å². The standard InChI is InChI=1S/C18H20N2OS/c1-12-16(8-9-19)17-11-15(6-7-18(17)20-12)22-14-5-3-4-13(10-14)21-2/h3-7,10-11,20H,8-9,19H2,1-2H3. The highest BCUT2D eigenvalue weighted by Gasteiger charge is 2.09. The molecule has 3 rings (SSSR count). The van der Waals surface area contributed by atoms with Gasteiger partial charge in [0.05, 0.1) is 7.11 Å². The first-order valence-electron chi connectivity index (χ1n) is 7.34. The average molecular weight is 312 g/mol. The minimum absolute atomic E-state index is 0.668. The maximum absolute atomic E-state index is 5.74. The van der Waals surface area contributed by atoms with Gasteiger partial charge in [0.25, 0.3) is 0 Å². The van der Waals surface area contributed by atoms with E-state index in [2.05, 4.69) is 42.2 Å². The highest BCUT2D eigenvalue weighted by Crippen LogP contribution is 2.33. The number of methoxy groups -OCH3 is 1. The summed E-state index contributed by atoms with van der Waals surface area (Å²) in [5.74, 6) is 0.882. The van der Waals surface area contributed by atoms with Gasteiger partial charge in [0, 0.05) is 26.4 Å². The Balaban J connectivity index is 1.95. The molecule has 0 aliphatic rings. The van der Waals surface area contributed by atoms with Crippen LogP contribution in [0, 0.1) is 6.92 Å². The van der Waals surface area contributed by atoms with Crippen molar-refractivity contribution in [2.45, 2.75) is 23.1 Å². The van der Waals surface area contributed by atoms with Crippen molar-refractivity contribution in [1.29, 1.82) is 0 Å². The topological polar surface area (TPSA) is 51.0 Å². The molecule has 3 N–H and O–H groups in total. The number of hydrogen-bond donors (Lipinski definition) is 2. The second-order valence-electron chi connectivity index (χ2n) is 5.26. The molecular weight excluding hydrogens is 292 g/mol. The highest BCUT2D eigenvalue weighted by atomic mass is 32.2. The van der Waals surface area contributed by atoms with Gasteiger partial charge in [-0.05, 0) is 61.9 Å². The van der Waals surface area contributed by atoms with Gasteiger partial charge in [-0.15, -0.1) is 0 Å². The van der Waals surface area contributed by atoms with E-state index in [0.29, 0.717) is 6.54 Å². The van der Waals surface area contributed by atoms with Gasteiger partial charge in [0.15, 0.2) is 0 Å². The van der Waals surface area contributed by atoms with Crippen LogP contribution in [0.2, 0.25) is 0 Å². The molecule has 0 unspecified atom stereocenters. The monoisotopic (exact) mass is 312 g/mol. The van der Waals surface area contributed by atoms with Crippen LogP contribution in [0.5, 0.6) is 5.75 Å². The molecule has 0 fully saturated rings. The van der Waals surface area contributed by atoms with Gasteiger partial charge in [0.1, 0.15) is 5.75 Å². The van der Waals surface area contributed by atoms with Crippen molar-refractivity contribution in [3.05, 3.63) is 53.7 Å². The Labute approximate surface area is 134 Å². The number of hydrogen-bond acceptors (Lipinski definition) is 3. The Hall–Kier alpha value is -1.91. The molecule has 0 aliphatic carbocycles. The summed E-state index contributed by atoms with van der Waals surface area (Å²) in [6.07, 6.45) is 0.902. The summed E-state index contributed by atoms with van der Waals surface area (Å²) in [5.41, 5.74) is 9.45. The Morgan fingerprint density at radius 2 is 1.95 bits per heavy atom. The van der Waals surface area contributed by atoms with Crippen molar-refractivity contribution in [3.63, 3.8) is 0 Å². The van der Waals surface area contributed by atoms with E-state index >= 15 is 0 Å². The van der Waals surface area contributed by atoms with E-state index in [1.54, 1.807) is 18.9 Å².